The Balaban J connectivity index is 2.45. The van der Waals surface area contributed by atoms with Crippen LogP contribution in [0.1, 0.15) is 27.2 Å². The van der Waals surface area contributed by atoms with Gasteiger partial charge in [0.05, 0.1) is 6.42 Å². The Labute approximate surface area is 86.9 Å². The summed E-state index contributed by atoms with van der Waals surface area (Å²) in [5.41, 5.74) is -0.684. The molecule has 0 aliphatic carbocycles. The topological polar surface area (TPSA) is 81.7 Å². The van der Waals surface area contributed by atoms with E-state index in [1.165, 1.54) is 0 Å². The van der Waals surface area contributed by atoms with E-state index in [-0.39, 0.29) is 6.42 Å². The molecule has 1 aliphatic rings. The lowest BCUT2D eigenvalue weighted by molar-refractivity contribution is -0.129. The summed E-state index contributed by atoms with van der Waals surface area (Å²) < 4.78 is 9.51. The minimum Gasteiger partial charge on any atom is -0.429 e. The van der Waals surface area contributed by atoms with Crippen molar-refractivity contribution in [1.29, 1.82) is 0 Å². The first kappa shape index (κ1) is 11.5. The van der Waals surface area contributed by atoms with Crippen LogP contribution in [0.25, 0.3) is 0 Å². The number of imide groups is 1. The quantitative estimate of drug-likeness (QED) is 0.504. The fourth-order valence-corrected chi connectivity index (χ4v) is 1.02. The van der Waals surface area contributed by atoms with Crippen molar-refractivity contribution in [3.05, 3.63) is 0 Å². The zero-order chi connectivity index (χ0) is 11.6. The third-order valence-electron chi connectivity index (χ3n) is 1.55. The molecule has 1 saturated heterocycles. The number of amides is 2. The molecule has 1 heterocycles. The van der Waals surface area contributed by atoms with Gasteiger partial charge in [-0.1, -0.05) is 0 Å². The molecular weight excluding hydrogens is 202 g/mol. The van der Waals surface area contributed by atoms with Crippen LogP contribution >= 0.6 is 0 Å². The lowest BCUT2D eigenvalue weighted by Crippen LogP contribution is -2.31. The van der Waals surface area contributed by atoms with Crippen LogP contribution in [0.3, 0.4) is 0 Å². The van der Waals surface area contributed by atoms with Crippen LogP contribution in [0.4, 0.5) is 4.79 Å². The van der Waals surface area contributed by atoms with Crippen LogP contribution in [-0.2, 0) is 19.1 Å². The summed E-state index contributed by atoms with van der Waals surface area (Å²) in [5, 5.41) is 2.02. The van der Waals surface area contributed by atoms with Crippen LogP contribution in [0.5, 0.6) is 0 Å². The van der Waals surface area contributed by atoms with Gasteiger partial charge >= 0.3 is 6.16 Å². The molecule has 2 amide bonds. The molecule has 0 bridgehead atoms. The van der Waals surface area contributed by atoms with Gasteiger partial charge in [0.2, 0.25) is 5.91 Å². The second-order valence-corrected chi connectivity index (χ2v) is 4.19. The maximum Gasteiger partial charge on any atom is 0.509 e. The van der Waals surface area contributed by atoms with E-state index in [1.54, 1.807) is 20.8 Å². The summed E-state index contributed by atoms with van der Waals surface area (Å²) >= 11 is 0. The first-order valence-electron chi connectivity index (χ1n) is 4.51. The van der Waals surface area contributed by atoms with Gasteiger partial charge in [-0.15, -0.1) is 0 Å². The van der Waals surface area contributed by atoms with Gasteiger partial charge in [-0.25, -0.2) is 4.79 Å². The third-order valence-corrected chi connectivity index (χ3v) is 1.55. The van der Waals surface area contributed by atoms with Crippen LogP contribution in [-0.4, -0.2) is 29.7 Å². The van der Waals surface area contributed by atoms with E-state index in [0.29, 0.717) is 0 Å². The van der Waals surface area contributed by atoms with Gasteiger partial charge in [0.25, 0.3) is 5.91 Å². The van der Waals surface area contributed by atoms with Crippen molar-refractivity contribution in [3.63, 3.8) is 0 Å². The van der Waals surface area contributed by atoms with Crippen molar-refractivity contribution in [2.75, 3.05) is 0 Å². The second-order valence-electron chi connectivity index (χ2n) is 4.19. The molecule has 6 heteroatoms. The lowest BCUT2D eigenvalue weighted by Gasteiger charge is -2.19. The Kier molecular flexibility index (Phi) is 2.97. The second kappa shape index (κ2) is 3.88. The third kappa shape index (κ3) is 3.57. The summed E-state index contributed by atoms with van der Waals surface area (Å²) in [6.07, 6.45) is -2.15. The van der Waals surface area contributed by atoms with E-state index in [9.17, 15) is 14.4 Å². The average Bonchev–Trinajstić information content (AvgIpc) is 2.25. The molecule has 1 unspecified atom stereocenters. The maximum absolute atomic E-state index is 11.1. The predicted molar refractivity (Wildman–Crippen MR) is 48.9 cm³/mol. The summed E-state index contributed by atoms with van der Waals surface area (Å²) in [5.74, 6) is -1.06. The summed E-state index contributed by atoms with van der Waals surface area (Å²) in [4.78, 5) is 32.9. The number of carbonyl (C=O) groups is 3. The van der Waals surface area contributed by atoms with Crippen LogP contribution in [0.15, 0.2) is 0 Å². The molecule has 15 heavy (non-hydrogen) atoms. The molecule has 0 saturated carbocycles. The highest BCUT2D eigenvalue weighted by Crippen LogP contribution is 2.12. The van der Waals surface area contributed by atoms with Gasteiger partial charge in [-0.3, -0.25) is 14.9 Å². The number of hydrogen-bond acceptors (Lipinski definition) is 5. The van der Waals surface area contributed by atoms with E-state index in [0.717, 1.165) is 0 Å². The maximum atomic E-state index is 11.1. The van der Waals surface area contributed by atoms with Gasteiger partial charge in [-0.2, -0.15) is 0 Å². The van der Waals surface area contributed by atoms with Crippen molar-refractivity contribution in [3.8, 4) is 0 Å². The van der Waals surface area contributed by atoms with Crippen LogP contribution < -0.4 is 5.32 Å². The van der Waals surface area contributed by atoms with Crippen molar-refractivity contribution >= 4 is 18.0 Å². The fourth-order valence-electron chi connectivity index (χ4n) is 1.02. The zero-order valence-electron chi connectivity index (χ0n) is 8.83. The van der Waals surface area contributed by atoms with Gasteiger partial charge in [-0.05, 0) is 20.8 Å². The first-order chi connectivity index (χ1) is 6.78. The summed E-state index contributed by atoms with van der Waals surface area (Å²) in [6.45, 7) is 5.02. The highest BCUT2D eigenvalue weighted by molar-refractivity contribution is 6.05. The highest BCUT2D eigenvalue weighted by Gasteiger charge is 2.35. The van der Waals surface area contributed by atoms with E-state index in [4.69, 9.17) is 4.74 Å². The Morgan fingerprint density at radius 2 is 2.00 bits per heavy atom. The molecule has 6 nitrogen and oxygen atoms in total. The van der Waals surface area contributed by atoms with E-state index >= 15 is 0 Å². The predicted octanol–water partition coefficient (Wildman–Crippen LogP) is 0.353. The van der Waals surface area contributed by atoms with Gasteiger partial charge < -0.3 is 9.47 Å². The minimum atomic E-state index is -1.06. The summed E-state index contributed by atoms with van der Waals surface area (Å²) in [6, 6.07) is 0. The molecule has 1 fully saturated rings. The van der Waals surface area contributed by atoms with Gasteiger partial charge in [0, 0.05) is 0 Å². The fraction of sp³-hybridized carbons (Fsp3) is 0.667. The molecule has 0 spiro atoms. The largest absolute Gasteiger partial charge is 0.509 e. The Morgan fingerprint density at radius 3 is 2.40 bits per heavy atom. The molecule has 84 valence electrons. The van der Waals surface area contributed by atoms with Crippen molar-refractivity contribution in [2.45, 2.75) is 38.9 Å². The van der Waals surface area contributed by atoms with Gasteiger partial charge in [0.15, 0.2) is 6.10 Å². The van der Waals surface area contributed by atoms with E-state index in [1.807, 2.05) is 5.32 Å². The number of rotatable bonds is 1. The molecule has 1 rings (SSSR count). The zero-order valence-corrected chi connectivity index (χ0v) is 8.83. The molecule has 0 aromatic rings. The highest BCUT2D eigenvalue weighted by atomic mass is 16.7. The number of hydrogen-bond donors (Lipinski definition) is 1. The molecule has 1 atom stereocenters. The average molecular weight is 215 g/mol. The smallest absolute Gasteiger partial charge is 0.429 e. The van der Waals surface area contributed by atoms with Crippen molar-refractivity contribution < 1.29 is 23.9 Å². The first-order valence-corrected chi connectivity index (χ1v) is 4.51. The normalized spacial score (nSPS) is 21.1. The molecule has 1 N–H and O–H groups in total. The van der Waals surface area contributed by atoms with Crippen LogP contribution in [0.2, 0.25) is 0 Å². The number of nitrogens with one attached hydrogen (secondary N) is 1. The van der Waals surface area contributed by atoms with Crippen LogP contribution in [0, 0.1) is 0 Å². The molecule has 0 radical (unpaired) electrons. The SMILES string of the molecule is CC(C)(C)OC(=O)OC1CC(=O)NC1=O. The number of ether oxygens (including phenoxy) is 2. The molecule has 1 aliphatic heterocycles. The molecule has 0 aromatic carbocycles. The Bertz CT molecular complexity index is 304. The van der Waals surface area contributed by atoms with E-state index in [2.05, 4.69) is 4.74 Å². The Morgan fingerprint density at radius 1 is 1.40 bits per heavy atom. The molecule has 0 aromatic heterocycles. The van der Waals surface area contributed by atoms with Crippen molar-refractivity contribution in [2.24, 2.45) is 0 Å². The standard InChI is InChI=1S/C9H13NO5/c1-9(2,3)15-8(13)14-5-4-6(11)10-7(5)12/h5H,4H2,1-3H3,(H,10,11,12). The lowest BCUT2D eigenvalue weighted by atomic mass is 10.2. The monoisotopic (exact) mass is 215 g/mol. The Hall–Kier alpha value is -1.59. The molecular formula is C9H13NO5. The van der Waals surface area contributed by atoms with E-state index < -0.39 is 29.7 Å². The minimum absolute atomic E-state index is 0.141. The van der Waals surface area contributed by atoms with Crippen molar-refractivity contribution in [1.82, 2.24) is 5.32 Å². The number of carbonyl (C=O) groups excluding carboxylic acids is 3. The van der Waals surface area contributed by atoms with Gasteiger partial charge in [0.1, 0.15) is 5.60 Å². The summed E-state index contributed by atoms with van der Waals surface area (Å²) in [7, 11) is 0.